The summed E-state index contributed by atoms with van der Waals surface area (Å²) in [6, 6.07) is 2.03. The SMILES string of the molecule is Cc1cc(C)n(C[C@@H](C)CNC(=O)CCS(=O)(=O)C2CCCC2)n1. The van der Waals surface area contributed by atoms with E-state index in [-0.39, 0.29) is 29.2 Å². The van der Waals surface area contributed by atoms with Crippen LogP contribution in [0.2, 0.25) is 0 Å². The topological polar surface area (TPSA) is 81.1 Å². The molecular weight excluding hydrogens is 326 g/mol. The molecule has 1 aromatic heterocycles. The van der Waals surface area contributed by atoms with Crippen LogP contribution >= 0.6 is 0 Å². The van der Waals surface area contributed by atoms with Crippen molar-refractivity contribution in [2.75, 3.05) is 12.3 Å². The Morgan fingerprint density at radius 1 is 1.38 bits per heavy atom. The van der Waals surface area contributed by atoms with Crippen molar-refractivity contribution in [2.45, 2.75) is 64.7 Å². The minimum atomic E-state index is -3.12. The van der Waals surface area contributed by atoms with Gasteiger partial charge in [-0.15, -0.1) is 0 Å². The van der Waals surface area contributed by atoms with E-state index in [1.54, 1.807) is 0 Å². The standard InChI is InChI=1S/C17H29N3O3S/c1-13(12-20-15(3)10-14(2)19-20)11-18-17(21)8-9-24(22,23)16-6-4-5-7-16/h10,13,16H,4-9,11-12H2,1-3H3,(H,18,21)/t13-/m0/s1. The molecule has 24 heavy (non-hydrogen) atoms. The highest BCUT2D eigenvalue weighted by Gasteiger charge is 2.28. The summed E-state index contributed by atoms with van der Waals surface area (Å²) in [5.41, 5.74) is 2.09. The molecule has 7 heteroatoms. The number of sulfone groups is 1. The van der Waals surface area contributed by atoms with Gasteiger partial charge in [-0.25, -0.2) is 8.42 Å². The van der Waals surface area contributed by atoms with E-state index in [1.807, 2.05) is 31.5 Å². The molecule has 0 aliphatic heterocycles. The van der Waals surface area contributed by atoms with Crippen LogP contribution in [0.1, 0.15) is 50.4 Å². The first-order chi connectivity index (χ1) is 11.3. The first-order valence-electron chi connectivity index (χ1n) is 8.77. The molecule has 1 amide bonds. The Balaban J connectivity index is 1.71. The fourth-order valence-corrected chi connectivity index (χ4v) is 5.10. The number of aromatic nitrogens is 2. The first-order valence-corrected chi connectivity index (χ1v) is 10.5. The van der Waals surface area contributed by atoms with Crippen LogP contribution in [0, 0.1) is 19.8 Å². The van der Waals surface area contributed by atoms with Gasteiger partial charge in [-0.05, 0) is 38.7 Å². The monoisotopic (exact) mass is 355 g/mol. The second kappa shape index (κ2) is 8.14. The summed E-state index contributed by atoms with van der Waals surface area (Å²) in [7, 11) is -3.12. The summed E-state index contributed by atoms with van der Waals surface area (Å²) in [5, 5.41) is 7.04. The summed E-state index contributed by atoms with van der Waals surface area (Å²) >= 11 is 0. The van der Waals surface area contributed by atoms with Gasteiger partial charge in [-0.3, -0.25) is 9.48 Å². The molecule has 1 aromatic rings. The summed E-state index contributed by atoms with van der Waals surface area (Å²) < 4.78 is 26.3. The van der Waals surface area contributed by atoms with Gasteiger partial charge >= 0.3 is 0 Å². The maximum atomic E-state index is 12.2. The Hall–Kier alpha value is -1.37. The highest BCUT2D eigenvalue weighted by atomic mass is 32.2. The van der Waals surface area contributed by atoms with Crippen LogP contribution in [-0.4, -0.2) is 41.7 Å². The molecule has 0 unspecified atom stereocenters. The molecule has 6 nitrogen and oxygen atoms in total. The average molecular weight is 356 g/mol. The Bertz CT molecular complexity index is 661. The Labute approximate surface area is 144 Å². The number of carbonyl (C=O) groups excluding carboxylic acids is 1. The van der Waals surface area contributed by atoms with Gasteiger partial charge in [-0.2, -0.15) is 5.10 Å². The molecule has 0 radical (unpaired) electrons. The molecule has 1 aliphatic carbocycles. The molecule has 1 aliphatic rings. The zero-order valence-corrected chi connectivity index (χ0v) is 15.7. The Morgan fingerprint density at radius 3 is 2.62 bits per heavy atom. The zero-order chi connectivity index (χ0) is 17.7. The maximum absolute atomic E-state index is 12.2. The number of hydrogen-bond donors (Lipinski definition) is 1. The van der Waals surface area contributed by atoms with Crippen LogP contribution in [0.25, 0.3) is 0 Å². The molecule has 0 saturated heterocycles. The fraction of sp³-hybridized carbons (Fsp3) is 0.765. The molecule has 1 atom stereocenters. The lowest BCUT2D eigenvalue weighted by Crippen LogP contribution is -2.32. The Morgan fingerprint density at radius 2 is 2.04 bits per heavy atom. The van der Waals surface area contributed by atoms with E-state index in [0.29, 0.717) is 6.54 Å². The van der Waals surface area contributed by atoms with Crippen molar-refractivity contribution in [3.63, 3.8) is 0 Å². The van der Waals surface area contributed by atoms with Crippen molar-refractivity contribution in [3.8, 4) is 0 Å². The van der Waals surface area contributed by atoms with Crippen molar-refractivity contribution in [3.05, 3.63) is 17.5 Å². The summed E-state index contributed by atoms with van der Waals surface area (Å²) in [5.74, 6) is 0.0187. The van der Waals surface area contributed by atoms with Gasteiger partial charge in [0.05, 0.1) is 16.7 Å². The third kappa shape index (κ3) is 5.33. The minimum Gasteiger partial charge on any atom is -0.356 e. The van der Waals surface area contributed by atoms with Gasteiger partial charge in [0.25, 0.3) is 0 Å². The lowest BCUT2D eigenvalue weighted by atomic mass is 10.2. The number of hydrogen-bond acceptors (Lipinski definition) is 4. The molecular formula is C17H29N3O3S. The van der Waals surface area contributed by atoms with Crippen molar-refractivity contribution in [1.82, 2.24) is 15.1 Å². The number of rotatable bonds is 8. The van der Waals surface area contributed by atoms with E-state index < -0.39 is 9.84 Å². The third-order valence-corrected chi connectivity index (χ3v) is 6.92. The molecule has 1 N–H and O–H groups in total. The molecule has 2 rings (SSSR count). The van der Waals surface area contributed by atoms with Gasteiger partial charge < -0.3 is 5.32 Å². The fourth-order valence-electron chi connectivity index (χ4n) is 3.25. The zero-order valence-electron chi connectivity index (χ0n) is 14.9. The summed E-state index contributed by atoms with van der Waals surface area (Å²) in [6.07, 6.45) is 3.54. The van der Waals surface area contributed by atoms with Crippen LogP contribution in [0.4, 0.5) is 0 Å². The second-order valence-electron chi connectivity index (χ2n) is 7.04. The van der Waals surface area contributed by atoms with E-state index in [2.05, 4.69) is 10.4 Å². The molecule has 136 valence electrons. The van der Waals surface area contributed by atoms with Crippen molar-refractivity contribution < 1.29 is 13.2 Å². The highest BCUT2D eigenvalue weighted by Crippen LogP contribution is 2.25. The summed E-state index contributed by atoms with van der Waals surface area (Å²) in [4.78, 5) is 11.9. The molecule has 0 bridgehead atoms. The van der Waals surface area contributed by atoms with Crippen LogP contribution < -0.4 is 5.32 Å². The van der Waals surface area contributed by atoms with Crippen LogP contribution in [0.5, 0.6) is 0 Å². The molecule has 0 spiro atoms. The first kappa shape index (κ1) is 19.0. The van der Waals surface area contributed by atoms with Gasteiger partial charge in [-0.1, -0.05) is 19.8 Å². The Kier molecular flexibility index (Phi) is 6.43. The predicted octanol–water partition coefficient (Wildman–Crippen LogP) is 2.00. The largest absolute Gasteiger partial charge is 0.356 e. The maximum Gasteiger partial charge on any atom is 0.221 e. The molecule has 1 heterocycles. The van der Waals surface area contributed by atoms with E-state index in [4.69, 9.17) is 0 Å². The second-order valence-corrected chi connectivity index (χ2v) is 9.44. The lowest BCUT2D eigenvalue weighted by Gasteiger charge is -2.15. The molecule has 0 aromatic carbocycles. The number of aryl methyl sites for hydroxylation is 2. The quantitative estimate of drug-likeness (QED) is 0.773. The average Bonchev–Trinajstić information content (AvgIpc) is 3.14. The van der Waals surface area contributed by atoms with Gasteiger partial charge in [0.15, 0.2) is 9.84 Å². The molecule has 1 fully saturated rings. The van der Waals surface area contributed by atoms with Crippen molar-refractivity contribution >= 4 is 15.7 Å². The van der Waals surface area contributed by atoms with Crippen molar-refractivity contribution in [1.29, 1.82) is 0 Å². The normalized spacial score (nSPS) is 17.1. The van der Waals surface area contributed by atoms with E-state index >= 15 is 0 Å². The van der Waals surface area contributed by atoms with Crippen LogP contribution in [-0.2, 0) is 21.2 Å². The van der Waals surface area contributed by atoms with E-state index in [0.717, 1.165) is 43.6 Å². The van der Waals surface area contributed by atoms with Gasteiger partial charge in [0.1, 0.15) is 0 Å². The van der Waals surface area contributed by atoms with E-state index in [1.165, 1.54) is 0 Å². The number of nitrogens with one attached hydrogen (secondary N) is 1. The number of nitrogens with zero attached hydrogens (tertiary/aromatic N) is 2. The van der Waals surface area contributed by atoms with Crippen LogP contribution in [0.3, 0.4) is 0 Å². The minimum absolute atomic E-state index is 0.0324. The lowest BCUT2D eigenvalue weighted by molar-refractivity contribution is -0.120. The highest BCUT2D eigenvalue weighted by molar-refractivity contribution is 7.92. The van der Waals surface area contributed by atoms with Crippen LogP contribution in [0.15, 0.2) is 6.07 Å². The van der Waals surface area contributed by atoms with Gasteiger partial charge in [0, 0.05) is 25.2 Å². The van der Waals surface area contributed by atoms with Gasteiger partial charge in [0.2, 0.25) is 5.91 Å². The summed E-state index contributed by atoms with van der Waals surface area (Å²) in [6.45, 7) is 7.28. The predicted molar refractivity (Wildman–Crippen MR) is 94.5 cm³/mol. The molecule has 1 saturated carbocycles. The smallest absolute Gasteiger partial charge is 0.221 e. The number of amides is 1. The van der Waals surface area contributed by atoms with Crippen molar-refractivity contribution in [2.24, 2.45) is 5.92 Å². The third-order valence-electron chi connectivity index (χ3n) is 4.66. The number of carbonyl (C=O) groups is 1. The van der Waals surface area contributed by atoms with E-state index in [9.17, 15) is 13.2 Å².